The topological polar surface area (TPSA) is 52.5 Å². The molecule has 0 aliphatic heterocycles. The molecule has 1 aromatic heterocycles. The lowest BCUT2D eigenvalue weighted by Crippen LogP contribution is -1.93. The monoisotopic (exact) mass is 253 g/mol. The van der Waals surface area contributed by atoms with Crippen LogP contribution in [0.25, 0.3) is 11.3 Å². The third-order valence-corrected chi connectivity index (χ3v) is 3.01. The molecule has 0 amide bonds. The van der Waals surface area contributed by atoms with Gasteiger partial charge in [-0.1, -0.05) is 38.1 Å². The second-order valence-corrected chi connectivity index (χ2v) is 5.20. The van der Waals surface area contributed by atoms with Crippen molar-refractivity contribution in [1.82, 2.24) is 9.97 Å². The predicted molar refractivity (Wildman–Crippen MR) is 76.5 cm³/mol. The van der Waals surface area contributed by atoms with E-state index in [0.29, 0.717) is 18.8 Å². The Kier molecular flexibility index (Phi) is 4.35. The maximum absolute atomic E-state index is 8.56. The number of nitrogens with zero attached hydrogens (tertiary/aromatic N) is 2. The Hall–Kier alpha value is -2.08. The highest BCUT2D eigenvalue weighted by Crippen LogP contribution is 2.19. The number of nitriles is 1. The standard InChI is InChI=1S/C16H19N3/c1-12(2)10-13-5-7-14(8-6-13)15-11-18-16(19-15)4-3-9-17/h5-8,11-12H,3-4,10H2,1-2H3,(H,18,19). The lowest BCUT2D eigenvalue weighted by atomic mass is 10.0. The summed E-state index contributed by atoms with van der Waals surface area (Å²) < 4.78 is 0. The third kappa shape index (κ3) is 3.69. The van der Waals surface area contributed by atoms with Gasteiger partial charge in [0, 0.05) is 12.8 Å². The van der Waals surface area contributed by atoms with Gasteiger partial charge in [-0.3, -0.25) is 0 Å². The molecule has 0 saturated heterocycles. The van der Waals surface area contributed by atoms with Crippen LogP contribution in [0.5, 0.6) is 0 Å². The van der Waals surface area contributed by atoms with Crippen molar-refractivity contribution in [3.63, 3.8) is 0 Å². The third-order valence-electron chi connectivity index (χ3n) is 3.01. The molecule has 0 atom stereocenters. The van der Waals surface area contributed by atoms with E-state index in [9.17, 15) is 0 Å². The number of aryl methyl sites for hydroxylation is 1. The smallest absolute Gasteiger partial charge is 0.107 e. The Morgan fingerprint density at radius 1 is 1.26 bits per heavy atom. The van der Waals surface area contributed by atoms with Gasteiger partial charge in [-0.2, -0.15) is 5.26 Å². The summed E-state index contributed by atoms with van der Waals surface area (Å²) >= 11 is 0. The number of rotatable bonds is 5. The van der Waals surface area contributed by atoms with E-state index in [2.05, 4.69) is 54.2 Å². The molecule has 98 valence electrons. The van der Waals surface area contributed by atoms with Crippen LogP contribution < -0.4 is 0 Å². The van der Waals surface area contributed by atoms with Gasteiger partial charge in [-0.05, 0) is 23.5 Å². The molecular formula is C16H19N3. The van der Waals surface area contributed by atoms with E-state index in [0.717, 1.165) is 23.5 Å². The minimum absolute atomic E-state index is 0.500. The lowest BCUT2D eigenvalue weighted by Gasteiger charge is -2.05. The van der Waals surface area contributed by atoms with Crippen LogP contribution >= 0.6 is 0 Å². The number of imidazole rings is 1. The fourth-order valence-corrected chi connectivity index (χ4v) is 2.10. The van der Waals surface area contributed by atoms with Crippen molar-refractivity contribution in [2.24, 2.45) is 5.92 Å². The van der Waals surface area contributed by atoms with Crippen LogP contribution in [0.15, 0.2) is 30.5 Å². The summed E-state index contributed by atoms with van der Waals surface area (Å²) in [7, 11) is 0. The van der Waals surface area contributed by atoms with Gasteiger partial charge in [0.05, 0.1) is 18.0 Å². The average Bonchev–Trinajstić information content (AvgIpc) is 2.85. The zero-order valence-electron chi connectivity index (χ0n) is 11.5. The molecule has 0 saturated carbocycles. The molecule has 3 nitrogen and oxygen atoms in total. The first-order valence-electron chi connectivity index (χ1n) is 6.69. The number of H-pyrrole nitrogens is 1. The van der Waals surface area contributed by atoms with Crippen LogP contribution in [-0.2, 0) is 12.8 Å². The summed E-state index contributed by atoms with van der Waals surface area (Å²) in [6.07, 6.45) is 4.13. The minimum atomic E-state index is 0.500. The van der Waals surface area contributed by atoms with Crippen molar-refractivity contribution in [1.29, 1.82) is 5.26 Å². The second kappa shape index (κ2) is 6.19. The molecule has 2 aromatic rings. The van der Waals surface area contributed by atoms with Crippen LogP contribution in [0.3, 0.4) is 0 Å². The number of benzene rings is 1. The van der Waals surface area contributed by atoms with Gasteiger partial charge in [-0.15, -0.1) is 0 Å². The fourth-order valence-electron chi connectivity index (χ4n) is 2.10. The molecule has 0 spiro atoms. The van der Waals surface area contributed by atoms with Gasteiger partial charge in [-0.25, -0.2) is 4.98 Å². The van der Waals surface area contributed by atoms with Gasteiger partial charge < -0.3 is 4.98 Å². The molecule has 2 rings (SSSR count). The molecule has 0 aliphatic carbocycles. The summed E-state index contributed by atoms with van der Waals surface area (Å²) in [4.78, 5) is 7.56. The summed E-state index contributed by atoms with van der Waals surface area (Å²) in [6.45, 7) is 4.45. The quantitative estimate of drug-likeness (QED) is 0.882. The summed E-state index contributed by atoms with van der Waals surface area (Å²) in [5.74, 6) is 1.55. The summed E-state index contributed by atoms with van der Waals surface area (Å²) in [5.41, 5.74) is 3.52. The van der Waals surface area contributed by atoms with Crippen LogP contribution in [-0.4, -0.2) is 9.97 Å². The average molecular weight is 253 g/mol. The van der Waals surface area contributed by atoms with E-state index in [1.807, 2.05) is 6.20 Å². The van der Waals surface area contributed by atoms with Crippen molar-refractivity contribution in [2.75, 3.05) is 0 Å². The molecule has 1 N–H and O–H groups in total. The fraction of sp³-hybridized carbons (Fsp3) is 0.375. The van der Waals surface area contributed by atoms with Crippen molar-refractivity contribution in [2.45, 2.75) is 33.1 Å². The van der Waals surface area contributed by atoms with Gasteiger partial charge in [0.25, 0.3) is 0 Å². The molecule has 19 heavy (non-hydrogen) atoms. The molecule has 0 radical (unpaired) electrons. The lowest BCUT2D eigenvalue weighted by molar-refractivity contribution is 0.647. The van der Waals surface area contributed by atoms with E-state index in [-0.39, 0.29) is 0 Å². The molecule has 3 heteroatoms. The molecule has 0 aliphatic rings. The number of aromatic amines is 1. The number of hydrogen-bond acceptors (Lipinski definition) is 2. The van der Waals surface area contributed by atoms with Gasteiger partial charge in [0.2, 0.25) is 0 Å². The van der Waals surface area contributed by atoms with E-state index < -0.39 is 0 Å². The Bertz CT molecular complexity index is 558. The van der Waals surface area contributed by atoms with E-state index >= 15 is 0 Å². The first-order valence-corrected chi connectivity index (χ1v) is 6.69. The Morgan fingerprint density at radius 3 is 2.63 bits per heavy atom. The predicted octanol–water partition coefficient (Wildman–Crippen LogP) is 3.73. The van der Waals surface area contributed by atoms with E-state index in [1.54, 1.807) is 0 Å². The van der Waals surface area contributed by atoms with Crippen molar-refractivity contribution < 1.29 is 0 Å². The minimum Gasteiger partial charge on any atom is -0.342 e. The normalized spacial score (nSPS) is 10.6. The molecule has 0 unspecified atom stereocenters. The highest BCUT2D eigenvalue weighted by Gasteiger charge is 2.04. The zero-order valence-corrected chi connectivity index (χ0v) is 11.5. The number of aromatic nitrogens is 2. The van der Waals surface area contributed by atoms with Gasteiger partial charge >= 0.3 is 0 Å². The van der Waals surface area contributed by atoms with Crippen LogP contribution in [0.4, 0.5) is 0 Å². The number of nitrogens with one attached hydrogen (secondary N) is 1. The molecule has 0 bridgehead atoms. The van der Waals surface area contributed by atoms with Crippen LogP contribution in [0.2, 0.25) is 0 Å². The Balaban J connectivity index is 2.09. The second-order valence-electron chi connectivity index (χ2n) is 5.20. The van der Waals surface area contributed by atoms with Crippen molar-refractivity contribution >= 4 is 0 Å². The maximum Gasteiger partial charge on any atom is 0.107 e. The first-order chi connectivity index (χ1) is 9.19. The van der Waals surface area contributed by atoms with Crippen molar-refractivity contribution in [3.8, 4) is 17.3 Å². The Labute approximate surface area is 114 Å². The van der Waals surface area contributed by atoms with E-state index in [4.69, 9.17) is 5.26 Å². The van der Waals surface area contributed by atoms with Gasteiger partial charge in [0.15, 0.2) is 0 Å². The molecule has 0 fully saturated rings. The number of hydrogen-bond donors (Lipinski definition) is 1. The largest absolute Gasteiger partial charge is 0.342 e. The highest BCUT2D eigenvalue weighted by atomic mass is 14.9. The highest BCUT2D eigenvalue weighted by molar-refractivity contribution is 5.58. The summed E-state index contributed by atoms with van der Waals surface area (Å²) in [5, 5.41) is 8.56. The van der Waals surface area contributed by atoms with Crippen LogP contribution in [0, 0.1) is 17.2 Å². The first kappa shape index (κ1) is 13.4. The summed E-state index contributed by atoms with van der Waals surface area (Å²) in [6, 6.07) is 10.7. The molecular weight excluding hydrogens is 234 g/mol. The molecule has 1 heterocycles. The maximum atomic E-state index is 8.56. The van der Waals surface area contributed by atoms with Gasteiger partial charge in [0.1, 0.15) is 5.82 Å². The SMILES string of the molecule is CC(C)Cc1ccc(-c2cnc(CCC#N)[nH]2)cc1. The van der Waals surface area contributed by atoms with Crippen molar-refractivity contribution in [3.05, 3.63) is 41.9 Å². The van der Waals surface area contributed by atoms with Crippen LogP contribution in [0.1, 0.15) is 31.7 Å². The zero-order chi connectivity index (χ0) is 13.7. The Morgan fingerprint density at radius 2 is 2.00 bits per heavy atom. The molecule has 1 aromatic carbocycles. The van der Waals surface area contributed by atoms with E-state index in [1.165, 1.54) is 5.56 Å².